The number of benzene rings is 12. The maximum absolute atomic E-state index is 5.53. The standard InChI is InChI=1S/C62H40N4/c1-4-18-41(19-5-1)58-40-63-61-56-38-46(65(44-22-6-2-7-23-44)59-36-42-20-10-12-26-48(42)50-28-14-16-30-54(50)59)32-34-52(56)53-35-33-47(39-57(53)62(61)64-58)66(45-24-8-3-9-25-45)60-37-43-21-11-13-27-49(43)51-29-15-17-31-55(51)60/h1-40H. The van der Waals surface area contributed by atoms with Crippen LogP contribution in [0.2, 0.25) is 0 Å². The van der Waals surface area contributed by atoms with Crippen molar-refractivity contribution >= 4 is 110 Å². The molecule has 0 radical (unpaired) electrons. The van der Waals surface area contributed by atoms with Crippen molar-refractivity contribution in [3.05, 3.63) is 243 Å². The van der Waals surface area contributed by atoms with Crippen molar-refractivity contribution in [3.63, 3.8) is 0 Å². The van der Waals surface area contributed by atoms with Gasteiger partial charge in [0.05, 0.1) is 34.3 Å². The van der Waals surface area contributed by atoms with E-state index in [0.29, 0.717) is 0 Å². The molecule has 66 heavy (non-hydrogen) atoms. The normalized spacial score (nSPS) is 11.6. The molecule has 0 saturated carbocycles. The maximum atomic E-state index is 5.53. The van der Waals surface area contributed by atoms with Crippen molar-refractivity contribution in [2.24, 2.45) is 0 Å². The zero-order chi connectivity index (χ0) is 43.6. The number of hydrogen-bond acceptors (Lipinski definition) is 4. The van der Waals surface area contributed by atoms with Crippen molar-refractivity contribution in [3.8, 4) is 11.3 Å². The number of hydrogen-bond donors (Lipinski definition) is 0. The van der Waals surface area contributed by atoms with Gasteiger partial charge in [0.25, 0.3) is 0 Å². The van der Waals surface area contributed by atoms with Crippen LogP contribution in [0.4, 0.5) is 34.1 Å². The highest BCUT2D eigenvalue weighted by atomic mass is 15.1. The summed E-state index contributed by atoms with van der Waals surface area (Å²) in [6, 6.07) is 85.0. The lowest BCUT2D eigenvalue weighted by molar-refractivity contribution is 1.29. The van der Waals surface area contributed by atoms with Gasteiger partial charge in [0, 0.05) is 49.9 Å². The Hall–Kier alpha value is -8.86. The summed E-state index contributed by atoms with van der Waals surface area (Å²) in [5.41, 5.74) is 10.0. The van der Waals surface area contributed by atoms with Crippen LogP contribution >= 0.6 is 0 Å². The molecular weight excluding hydrogens is 801 g/mol. The molecule has 0 fully saturated rings. The molecule has 4 heteroatoms. The molecule has 0 bridgehead atoms. The zero-order valence-electron chi connectivity index (χ0n) is 35.9. The fourth-order valence-corrected chi connectivity index (χ4v) is 10.2. The van der Waals surface area contributed by atoms with Gasteiger partial charge in [0.2, 0.25) is 0 Å². The second kappa shape index (κ2) is 15.4. The van der Waals surface area contributed by atoms with Gasteiger partial charge in [-0.25, -0.2) is 4.98 Å². The second-order valence-corrected chi connectivity index (χ2v) is 16.9. The van der Waals surface area contributed by atoms with Crippen molar-refractivity contribution in [2.45, 2.75) is 0 Å². The Morgan fingerprint density at radius 3 is 1.17 bits per heavy atom. The quantitative estimate of drug-likeness (QED) is 0.150. The van der Waals surface area contributed by atoms with E-state index in [1.165, 1.54) is 43.1 Å². The molecule has 0 spiro atoms. The van der Waals surface area contributed by atoms with E-state index < -0.39 is 0 Å². The first-order valence-corrected chi connectivity index (χ1v) is 22.5. The molecule has 1 aromatic heterocycles. The van der Waals surface area contributed by atoms with Gasteiger partial charge in [-0.3, -0.25) is 4.98 Å². The number of rotatable bonds is 7. The highest BCUT2D eigenvalue weighted by Gasteiger charge is 2.22. The third-order valence-electron chi connectivity index (χ3n) is 13.2. The van der Waals surface area contributed by atoms with Crippen LogP contribution < -0.4 is 9.80 Å². The molecule has 0 aliphatic carbocycles. The largest absolute Gasteiger partial charge is 0.310 e. The summed E-state index contributed by atoms with van der Waals surface area (Å²) in [7, 11) is 0. The van der Waals surface area contributed by atoms with E-state index in [1.54, 1.807) is 0 Å². The van der Waals surface area contributed by atoms with E-state index >= 15 is 0 Å². The molecule has 0 amide bonds. The topological polar surface area (TPSA) is 32.3 Å². The monoisotopic (exact) mass is 840 g/mol. The van der Waals surface area contributed by atoms with Gasteiger partial charge in [-0.15, -0.1) is 0 Å². The number of fused-ring (bicyclic) bond motifs is 12. The summed E-state index contributed by atoms with van der Waals surface area (Å²) in [5.74, 6) is 0. The molecule has 308 valence electrons. The van der Waals surface area contributed by atoms with Crippen molar-refractivity contribution in [1.82, 2.24) is 9.97 Å². The molecule has 4 nitrogen and oxygen atoms in total. The van der Waals surface area contributed by atoms with E-state index in [-0.39, 0.29) is 0 Å². The minimum atomic E-state index is 0.833. The molecule has 12 aromatic carbocycles. The summed E-state index contributed by atoms with van der Waals surface area (Å²) < 4.78 is 0. The van der Waals surface area contributed by atoms with Gasteiger partial charge in [0.1, 0.15) is 0 Å². The van der Waals surface area contributed by atoms with Crippen LogP contribution in [0.3, 0.4) is 0 Å². The van der Waals surface area contributed by atoms with Gasteiger partial charge in [0.15, 0.2) is 0 Å². The Bertz CT molecular complexity index is 4000. The molecule has 1 heterocycles. The number of para-hydroxylation sites is 2. The number of nitrogens with zero attached hydrogens (tertiary/aromatic N) is 4. The third-order valence-corrected chi connectivity index (χ3v) is 13.2. The summed E-state index contributed by atoms with van der Waals surface area (Å²) in [6.07, 6.45) is 1.93. The molecule has 0 aliphatic rings. The van der Waals surface area contributed by atoms with Crippen LogP contribution in [0.25, 0.3) is 86.9 Å². The number of anilines is 6. The van der Waals surface area contributed by atoms with Gasteiger partial charge in [-0.05, 0) is 104 Å². The Kier molecular flexibility index (Phi) is 8.81. The lowest BCUT2D eigenvalue weighted by Gasteiger charge is -2.28. The first-order valence-electron chi connectivity index (χ1n) is 22.5. The molecule has 13 rings (SSSR count). The Morgan fingerprint density at radius 2 is 0.667 bits per heavy atom. The predicted molar refractivity (Wildman–Crippen MR) is 279 cm³/mol. The van der Waals surface area contributed by atoms with E-state index in [9.17, 15) is 0 Å². The van der Waals surface area contributed by atoms with E-state index in [1.807, 2.05) is 12.3 Å². The zero-order valence-corrected chi connectivity index (χ0v) is 35.9. The Labute approximate surface area is 381 Å². The van der Waals surface area contributed by atoms with Crippen molar-refractivity contribution in [2.75, 3.05) is 9.80 Å². The smallest absolute Gasteiger partial charge is 0.0980 e. The van der Waals surface area contributed by atoms with Gasteiger partial charge >= 0.3 is 0 Å². The molecular formula is C62H40N4. The minimum absolute atomic E-state index is 0.833. The Balaban J connectivity index is 1.08. The van der Waals surface area contributed by atoms with Crippen molar-refractivity contribution in [1.29, 1.82) is 0 Å². The predicted octanol–water partition coefficient (Wildman–Crippen LogP) is 17.2. The average Bonchev–Trinajstić information content (AvgIpc) is 3.39. The first-order chi connectivity index (χ1) is 32.7. The van der Waals surface area contributed by atoms with Crippen LogP contribution in [0.5, 0.6) is 0 Å². The molecule has 0 aliphatic heterocycles. The van der Waals surface area contributed by atoms with E-state index in [2.05, 4.69) is 240 Å². The van der Waals surface area contributed by atoms with Gasteiger partial charge < -0.3 is 9.80 Å². The summed E-state index contributed by atoms with van der Waals surface area (Å²) in [5, 5.41) is 14.0. The molecule has 0 atom stereocenters. The second-order valence-electron chi connectivity index (χ2n) is 16.9. The Morgan fingerprint density at radius 1 is 0.273 bits per heavy atom. The van der Waals surface area contributed by atoms with Crippen LogP contribution in [0, 0.1) is 0 Å². The highest BCUT2D eigenvalue weighted by molar-refractivity contribution is 6.25. The number of aromatic nitrogens is 2. The lowest BCUT2D eigenvalue weighted by Crippen LogP contribution is -2.11. The lowest BCUT2D eigenvalue weighted by atomic mass is 9.96. The van der Waals surface area contributed by atoms with E-state index in [4.69, 9.17) is 9.97 Å². The fourth-order valence-electron chi connectivity index (χ4n) is 10.2. The van der Waals surface area contributed by atoms with Crippen molar-refractivity contribution < 1.29 is 0 Å². The van der Waals surface area contributed by atoms with Gasteiger partial charge in [-0.1, -0.05) is 176 Å². The van der Waals surface area contributed by atoms with Crippen LogP contribution in [-0.4, -0.2) is 9.97 Å². The third kappa shape index (κ3) is 6.15. The van der Waals surface area contributed by atoms with Crippen LogP contribution in [0.1, 0.15) is 0 Å². The minimum Gasteiger partial charge on any atom is -0.310 e. The van der Waals surface area contributed by atoms with E-state index in [0.717, 1.165) is 78.0 Å². The van der Waals surface area contributed by atoms with Crippen LogP contribution in [0.15, 0.2) is 243 Å². The first kappa shape index (κ1) is 37.7. The molecule has 13 aromatic rings. The summed E-state index contributed by atoms with van der Waals surface area (Å²) >= 11 is 0. The maximum Gasteiger partial charge on any atom is 0.0980 e. The summed E-state index contributed by atoms with van der Waals surface area (Å²) in [4.78, 5) is 15.7. The van der Waals surface area contributed by atoms with Gasteiger partial charge in [-0.2, -0.15) is 0 Å². The molecule has 0 unspecified atom stereocenters. The fraction of sp³-hybridized carbons (Fsp3) is 0. The summed E-state index contributed by atoms with van der Waals surface area (Å²) in [6.45, 7) is 0. The SMILES string of the molecule is c1ccc(-c2cnc3c4cc(N(c5ccccc5)c5cc6ccccc6c6ccccc56)ccc4c4ccc(N(c5ccccc5)c5cc6ccccc6c6ccccc56)cc4c3n2)cc1. The molecule has 0 saturated heterocycles. The molecule has 0 N–H and O–H groups in total. The van der Waals surface area contributed by atoms with Crippen LogP contribution in [-0.2, 0) is 0 Å². The highest BCUT2D eigenvalue weighted by Crippen LogP contribution is 2.47. The average molecular weight is 841 g/mol.